The highest BCUT2D eigenvalue weighted by molar-refractivity contribution is 5.94. The van der Waals surface area contributed by atoms with Gasteiger partial charge in [0.05, 0.1) is 12.1 Å². The fraction of sp³-hybridized carbons (Fsp3) is 0.500. The van der Waals surface area contributed by atoms with Gasteiger partial charge in [-0.05, 0) is 19.1 Å². The van der Waals surface area contributed by atoms with E-state index in [2.05, 4.69) is 10.6 Å². The van der Waals surface area contributed by atoms with Crippen molar-refractivity contribution in [2.45, 2.75) is 13.3 Å². The molecule has 0 atom stereocenters. The van der Waals surface area contributed by atoms with Crippen molar-refractivity contribution >= 4 is 17.7 Å². The molecule has 1 heterocycles. The number of hydrogen-bond acceptors (Lipinski definition) is 4. The highest BCUT2D eigenvalue weighted by Gasteiger charge is 2.22. The Hall–Kier alpha value is -2.55. The van der Waals surface area contributed by atoms with E-state index in [4.69, 9.17) is 0 Å². The van der Waals surface area contributed by atoms with Crippen LogP contribution in [0.15, 0.2) is 18.2 Å². The molecule has 2 rings (SSSR count). The van der Waals surface area contributed by atoms with Gasteiger partial charge in [0.1, 0.15) is 11.6 Å². The van der Waals surface area contributed by atoms with Crippen molar-refractivity contribution in [1.29, 1.82) is 0 Å². The van der Waals surface area contributed by atoms with Gasteiger partial charge in [0.2, 0.25) is 11.8 Å². The van der Waals surface area contributed by atoms with Crippen LogP contribution in [-0.4, -0.2) is 73.3 Å². The number of amides is 3. The number of hydrogen-bond donors (Lipinski definition) is 2. The first-order valence-electron chi connectivity index (χ1n) is 8.90. The Kier molecular flexibility index (Phi) is 7.66. The molecule has 1 aromatic carbocycles. The van der Waals surface area contributed by atoms with Crippen molar-refractivity contribution in [3.8, 4) is 0 Å². The number of piperazine rings is 1. The summed E-state index contributed by atoms with van der Waals surface area (Å²) in [5.74, 6) is -2.54. The average molecular weight is 382 g/mol. The largest absolute Gasteiger partial charge is 0.355 e. The second-order valence-electron chi connectivity index (χ2n) is 6.24. The van der Waals surface area contributed by atoms with Crippen LogP contribution in [0, 0.1) is 11.6 Å². The van der Waals surface area contributed by atoms with Crippen LogP contribution in [-0.2, 0) is 9.59 Å². The van der Waals surface area contributed by atoms with Crippen LogP contribution >= 0.6 is 0 Å². The van der Waals surface area contributed by atoms with Gasteiger partial charge in [-0.3, -0.25) is 19.3 Å². The lowest BCUT2D eigenvalue weighted by Crippen LogP contribution is -2.51. The molecule has 0 unspecified atom stereocenters. The lowest BCUT2D eigenvalue weighted by Gasteiger charge is -2.34. The summed E-state index contributed by atoms with van der Waals surface area (Å²) in [7, 11) is 0. The smallest absolute Gasteiger partial charge is 0.254 e. The van der Waals surface area contributed by atoms with E-state index < -0.39 is 17.5 Å². The van der Waals surface area contributed by atoms with Crippen LogP contribution in [0.25, 0.3) is 0 Å². The van der Waals surface area contributed by atoms with Gasteiger partial charge in [-0.25, -0.2) is 8.78 Å². The topological polar surface area (TPSA) is 81.8 Å². The van der Waals surface area contributed by atoms with Crippen LogP contribution < -0.4 is 10.6 Å². The van der Waals surface area contributed by atoms with Gasteiger partial charge >= 0.3 is 0 Å². The number of nitrogens with one attached hydrogen (secondary N) is 2. The molecule has 148 valence electrons. The summed E-state index contributed by atoms with van der Waals surface area (Å²) in [6.07, 6.45) is 0.0882. The van der Waals surface area contributed by atoms with Gasteiger partial charge in [-0.1, -0.05) is 0 Å². The molecule has 1 aliphatic rings. The Morgan fingerprint density at radius 1 is 1.07 bits per heavy atom. The second kappa shape index (κ2) is 9.96. The molecule has 0 spiro atoms. The molecule has 9 heteroatoms. The van der Waals surface area contributed by atoms with Crippen LogP contribution in [0.1, 0.15) is 23.7 Å². The van der Waals surface area contributed by atoms with Gasteiger partial charge in [-0.2, -0.15) is 0 Å². The number of nitrogens with zero attached hydrogens (tertiary/aromatic N) is 2. The summed E-state index contributed by atoms with van der Waals surface area (Å²) in [6, 6.07) is 2.71. The van der Waals surface area contributed by atoms with Gasteiger partial charge in [0.25, 0.3) is 5.91 Å². The highest BCUT2D eigenvalue weighted by Crippen LogP contribution is 2.09. The van der Waals surface area contributed by atoms with Gasteiger partial charge in [0.15, 0.2) is 0 Å². The molecule has 1 saturated heterocycles. The normalized spacial score (nSPS) is 14.7. The molecular formula is C18H24F2N4O3. The first-order chi connectivity index (χ1) is 12.9. The number of benzene rings is 1. The number of halogens is 2. The molecule has 0 aliphatic carbocycles. The molecule has 2 N–H and O–H groups in total. The Morgan fingerprint density at radius 3 is 2.41 bits per heavy atom. The Labute approximate surface area is 156 Å². The summed E-state index contributed by atoms with van der Waals surface area (Å²) in [5.41, 5.74) is -0.261. The third-order valence-corrected chi connectivity index (χ3v) is 4.27. The van der Waals surface area contributed by atoms with E-state index in [-0.39, 0.29) is 30.3 Å². The van der Waals surface area contributed by atoms with E-state index >= 15 is 0 Å². The maximum absolute atomic E-state index is 13.5. The van der Waals surface area contributed by atoms with Gasteiger partial charge in [0, 0.05) is 51.8 Å². The first-order valence-corrected chi connectivity index (χ1v) is 8.90. The number of carbonyl (C=O) groups excluding carboxylic acids is 3. The molecule has 1 aromatic rings. The van der Waals surface area contributed by atoms with Crippen LogP contribution in [0.2, 0.25) is 0 Å². The molecular weight excluding hydrogens is 358 g/mol. The van der Waals surface area contributed by atoms with Crippen molar-refractivity contribution < 1.29 is 23.2 Å². The number of carbonyl (C=O) groups is 3. The lowest BCUT2D eigenvalue weighted by atomic mass is 10.2. The summed E-state index contributed by atoms with van der Waals surface area (Å²) >= 11 is 0. The number of rotatable bonds is 7. The molecule has 1 fully saturated rings. The van der Waals surface area contributed by atoms with E-state index in [0.717, 1.165) is 12.1 Å². The minimum Gasteiger partial charge on any atom is -0.355 e. The van der Waals surface area contributed by atoms with Crippen LogP contribution in [0.3, 0.4) is 0 Å². The standard InChI is InChI=1S/C18H24F2N4O3/c1-2-21-16(25)12-23-7-9-24(10-8-23)17(26)5-6-22-18(27)14-4-3-13(19)11-15(14)20/h3-4,11H,2,5-10,12H2,1H3,(H,21,25)(H,22,27). The van der Waals surface area contributed by atoms with E-state index in [1.807, 2.05) is 11.8 Å². The SMILES string of the molecule is CCNC(=O)CN1CCN(C(=O)CCNC(=O)c2ccc(F)cc2F)CC1. The number of likely N-dealkylation sites (N-methyl/N-ethyl adjacent to an activating group) is 1. The van der Waals surface area contributed by atoms with Crippen molar-refractivity contribution in [3.05, 3.63) is 35.4 Å². The predicted octanol–water partition coefficient (Wildman–Crippen LogP) is 0.365. The average Bonchev–Trinajstić information content (AvgIpc) is 2.62. The zero-order chi connectivity index (χ0) is 19.8. The zero-order valence-electron chi connectivity index (χ0n) is 15.3. The summed E-state index contributed by atoms with van der Waals surface area (Å²) in [5, 5.41) is 5.20. The molecule has 7 nitrogen and oxygen atoms in total. The minimum absolute atomic E-state index is 0.0342. The minimum atomic E-state index is -0.943. The van der Waals surface area contributed by atoms with Crippen molar-refractivity contribution in [3.63, 3.8) is 0 Å². The molecule has 0 aromatic heterocycles. The van der Waals surface area contributed by atoms with Crippen molar-refractivity contribution in [1.82, 2.24) is 20.4 Å². The van der Waals surface area contributed by atoms with Crippen LogP contribution in [0.5, 0.6) is 0 Å². The van der Waals surface area contributed by atoms with Crippen molar-refractivity contribution in [2.24, 2.45) is 0 Å². The molecule has 1 aliphatic heterocycles. The van der Waals surface area contributed by atoms with Gasteiger partial charge < -0.3 is 15.5 Å². The summed E-state index contributed by atoms with van der Waals surface area (Å²) in [4.78, 5) is 39.3. The maximum Gasteiger partial charge on any atom is 0.254 e. The Balaban J connectivity index is 1.70. The van der Waals surface area contributed by atoms with Crippen LogP contribution in [0.4, 0.5) is 8.78 Å². The first kappa shape index (κ1) is 20.8. The monoisotopic (exact) mass is 382 g/mol. The molecule has 0 saturated carbocycles. The fourth-order valence-electron chi connectivity index (χ4n) is 2.82. The lowest BCUT2D eigenvalue weighted by molar-refractivity contribution is -0.133. The van der Waals surface area contributed by atoms with E-state index in [0.29, 0.717) is 45.3 Å². The fourth-order valence-corrected chi connectivity index (χ4v) is 2.82. The van der Waals surface area contributed by atoms with E-state index in [1.165, 1.54) is 0 Å². The van der Waals surface area contributed by atoms with Gasteiger partial charge in [-0.15, -0.1) is 0 Å². The predicted molar refractivity (Wildman–Crippen MR) is 95.0 cm³/mol. The third kappa shape index (κ3) is 6.28. The second-order valence-corrected chi connectivity index (χ2v) is 6.24. The zero-order valence-corrected chi connectivity index (χ0v) is 15.3. The summed E-state index contributed by atoms with van der Waals surface area (Å²) < 4.78 is 26.4. The maximum atomic E-state index is 13.5. The Bertz CT molecular complexity index is 691. The van der Waals surface area contributed by atoms with Crippen molar-refractivity contribution in [2.75, 3.05) is 45.8 Å². The summed E-state index contributed by atoms with van der Waals surface area (Å²) in [6.45, 7) is 5.06. The molecule has 27 heavy (non-hydrogen) atoms. The molecule has 0 bridgehead atoms. The third-order valence-electron chi connectivity index (χ3n) is 4.27. The quantitative estimate of drug-likeness (QED) is 0.714. The molecule has 3 amide bonds. The van der Waals surface area contributed by atoms with E-state index in [9.17, 15) is 23.2 Å². The highest BCUT2D eigenvalue weighted by atomic mass is 19.1. The van der Waals surface area contributed by atoms with E-state index in [1.54, 1.807) is 4.90 Å². The molecule has 0 radical (unpaired) electrons. The Morgan fingerprint density at radius 2 is 1.78 bits per heavy atom.